The molecule has 1 aromatic carbocycles. The van der Waals surface area contributed by atoms with E-state index in [9.17, 15) is 9.59 Å². The standard InChI is InChI=1S/C25H29N7O2/c1-16(2)32-15-20-22(24(32)34)28-25(31-12-10-30(11-13-31)17(3)33)29-23(20)27-14-18-8-9-26-21-7-5-4-6-19(18)21/h4-9,16H,10-15H2,1-3H3,(H,27,28,29). The van der Waals surface area contributed by atoms with Crippen LogP contribution in [0.4, 0.5) is 11.8 Å². The first-order valence-corrected chi connectivity index (χ1v) is 11.7. The van der Waals surface area contributed by atoms with Gasteiger partial charge in [0.2, 0.25) is 11.9 Å². The van der Waals surface area contributed by atoms with Gasteiger partial charge in [-0.25, -0.2) is 4.98 Å². The van der Waals surface area contributed by atoms with Crippen LogP contribution in [-0.4, -0.2) is 68.8 Å². The number of carbonyl (C=O) groups is 2. The Labute approximate surface area is 198 Å². The molecule has 5 rings (SSSR count). The van der Waals surface area contributed by atoms with Gasteiger partial charge in [0.15, 0.2) is 0 Å². The van der Waals surface area contributed by atoms with E-state index in [1.54, 1.807) is 6.92 Å². The minimum absolute atomic E-state index is 0.0616. The van der Waals surface area contributed by atoms with Crippen LogP contribution >= 0.6 is 0 Å². The molecule has 34 heavy (non-hydrogen) atoms. The van der Waals surface area contributed by atoms with Gasteiger partial charge >= 0.3 is 0 Å². The first kappa shape index (κ1) is 22.1. The van der Waals surface area contributed by atoms with E-state index >= 15 is 0 Å². The van der Waals surface area contributed by atoms with Crippen molar-refractivity contribution < 1.29 is 9.59 Å². The molecule has 0 saturated carbocycles. The van der Waals surface area contributed by atoms with Crippen LogP contribution < -0.4 is 10.2 Å². The van der Waals surface area contributed by atoms with Crippen LogP contribution in [0.25, 0.3) is 10.9 Å². The average molecular weight is 460 g/mol. The number of nitrogens with zero attached hydrogens (tertiary/aromatic N) is 6. The van der Waals surface area contributed by atoms with Crippen LogP contribution in [0.2, 0.25) is 0 Å². The minimum Gasteiger partial charge on any atom is -0.365 e. The molecule has 1 fully saturated rings. The summed E-state index contributed by atoms with van der Waals surface area (Å²) < 4.78 is 0. The molecule has 2 aliphatic rings. The van der Waals surface area contributed by atoms with Gasteiger partial charge in [-0.1, -0.05) is 18.2 Å². The summed E-state index contributed by atoms with van der Waals surface area (Å²) >= 11 is 0. The lowest BCUT2D eigenvalue weighted by Crippen LogP contribution is -2.48. The fourth-order valence-electron chi connectivity index (χ4n) is 4.59. The van der Waals surface area contributed by atoms with Crippen molar-refractivity contribution in [3.05, 3.63) is 53.3 Å². The summed E-state index contributed by atoms with van der Waals surface area (Å²) in [4.78, 5) is 44.6. The average Bonchev–Trinajstić information content (AvgIpc) is 3.19. The Kier molecular flexibility index (Phi) is 5.77. The van der Waals surface area contributed by atoms with Crippen LogP contribution in [-0.2, 0) is 17.9 Å². The lowest BCUT2D eigenvalue weighted by molar-refractivity contribution is -0.129. The van der Waals surface area contributed by atoms with Gasteiger partial charge in [-0.2, -0.15) is 4.98 Å². The molecule has 0 bridgehead atoms. The minimum atomic E-state index is -0.0616. The van der Waals surface area contributed by atoms with Crippen molar-refractivity contribution >= 4 is 34.5 Å². The number of piperazine rings is 1. The van der Waals surface area contributed by atoms with E-state index in [4.69, 9.17) is 9.97 Å². The van der Waals surface area contributed by atoms with E-state index in [1.165, 1.54) is 0 Å². The molecule has 3 aromatic rings. The molecular formula is C25H29N7O2. The van der Waals surface area contributed by atoms with Gasteiger partial charge in [0, 0.05) is 62.8 Å². The van der Waals surface area contributed by atoms with E-state index in [0.29, 0.717) is 56.7 Å². The first-order chi connectivity index (χ1) is 16.4. The number of amides is 2. The van der Waals surface area contributed by atoms with Crippen LogP contribution in [0.3, 0.4) is 0 Å². The fourth-order valence-corrected chi connectivity index (χ4v) is 4.59. The highest BCUT2D eigenvalue weighted by atomic mass is 16.2. The van der Waals surface area contributed by atoms with Crippen molar-refractivity contribution in [3.63, 3.8) is 0 Å². The molecule has 0 aliphatic carbocycles. The summed E-state index contributed by atoms with van der Waals surface area (Å²) in [5.74, 6) is 1.23. The number of carbonyl (C=O) groups excluding carboxylic acids is 2. The highest BCUT2D eigenvalue weighted by molar-refractivity contribution is 5.98. The Bertz CT molecular complexity index is 1250. The SMILES string of the molecule is CC(=O)N1CCN(c2nc(NCc3ccnc4ccccc34)c3c(n2)C(=O)N(C(C)C)C3)CC1. The maximum absolute atomic E-state index is 13.1. The zero-order valence-electron chi connectivity index (χ0n) is 19.8. The number of hydrogen-bond donors (Lipinski definition) is 1. The van der Waals surface area contributed by atoms with Crippen molar-refractivity contribution in [3.8, 4) is 0 Å². The van der Waals surface area contributed by atoms with Crippen LogP contribution in [0.5, 0.6) is 0 Å². The van der Waals surface area contributed by atoms with E-state index in [-0.39, 0.29) is 17.9 Å². The van der Waals surface area contributed by atoms with Crippen molar-refractivity contribution in [2.24, 2.45) is 0 Å². The van der Waals surface area contributed by atoms with Crippen LogP contribution in [0, 0.1) is 0 Å². The number of anilines is 2. The summed E-state index contributed by atoms with van der Waals surface area (Å²) in [5, 5.41) is 4.58. The number of nitrogens with one attached hydrogen (secondary N) is 1. The second-order valence-corrected chi connectivity index (χ2v) is 9.06. The second-order valence-electron chi connectivity index (χ2n) is 9.06. The summed E-state index contributed by atoms with van der Waals surface area (Å²) in [6.07, 6.45) is 1.81. The smallest absolute Gasteiger partial charge is 0.273 e. The number of rotatable bonds is 5. The lowest BCUT2D eigenvalue weighted by Gasteiger charge is -2.34. The van der Waals surface area contributed by atoms with Crippen LogP contribution in [0.15, 0.2) is 36.5 Å². The Hall–Kier alpha value is -3.75. The normalized spacial score (nSPS) is 15.9. The van der Waals surface area contributed by atoms with Gasteiger partial charge in [0.05, 0.1) is 12.1 Å². The monoisotopic (exact) mass is 459 g/mol. The number of para-hydroxylation sites is 1. The van der Waals surface area contributed by atoms with Crippen molar-refractivity contribution in [1.82, 2.24) is 24.8 Å². The number of benzene rings is 1. The zero-order valence-corrected chi connectivity index (χ0v) is 19.8. The predicted octanol–water partition coefficient (Wildman–Crippen LogP) is 2.67. The Morgan fingerprint density at radius 3 is 2.59 bits per heavy atom. The third-order valence-electron chi connectivity index (χ3n) is 6.60. The van der Waals surface area contributed by atoms with Crippen LogP contribution in [0.1, 0.15) is 42.4 Å². The molecule has 4 heterocycles. The Morgan fingerprint density at radius 2 is 1.85 bits per heavy atom. The topological polar surface area (TPSA) is 94.6 Å². The Balaban J connectivity index is 1.47. The largest absolute Gasteiger partial charge is 0.365 e. The van der Waals surface area contributed by atoms with Gasteiger partial charge < -0.3 is 20.0 Å². The maximum Gasteiger partial charge on any atom is 0.273 e. The third-order valence-corrected chi connectivity index (χ3v) is 6.60. The summed E-state index contributed by atoms with van der Waals surface area (Å²) in [7, 11) is 0. The summed E-state index contributed by atoms with van der Waals surface area (Å²) in [6.45, 7) is 9.16. The Morgan fingerprint density at radius 1 is 1.09 bits per heavy atom. The molecule has 2 aromatic heterocycles. The van der Waals surface area contributed by atoms with Gasteiger partial charge in [0.1, 0.15) is 11.5 Å². The number of aromatic nitrogens is 3. The van der Waals surface area contributed by atoms with Gasteiger partial charge in [-0.05, 0) is 31.5 Å². The molecule has 0 atom stereocenters. The lowest BCUT2D eigenvalue weighted by atomic mass is 10.1. The van der Waals surface area contributed by atoms with Gasteiger partial charge in [-0.3, -0.25) is 14.6 Å². The first-order valence-electron chi connectivity index (χ1n) is 11.7. The van der Waals surface area contributed by atoms with E-state index in [2.05, 4.69) is 21.3 Å². The molecule has 2 aliphatic heterocycles. The molecule has 9 nitrogen and oxygen atoms in total. The number of hydrogen-bond acceptors (Lipinski definition) is 7. The summed E-state index contributed by atoms with van der Waals surface area (Å²) in [5.41, 5.74) is 3.36. The highest BCUT2D eigenvalue weighted by Gasteiger charge is 2.35. The molecule has 1 saturated heterocycles. The second kappa shape index (κ2) is 8.89. The van der Waals surface area contributed by atoms with Crippen molar-refractivity contribution in [2.45, 2.75) is 39.9 Å². The molecule has 9 heteroatoms. The van der Waals surface area contributed by atoms with E-state index < -0.39 is 0 Å². The van der Waals surface area contributed by atoms with Crippen molar-refractivity contribution in [1.29, 1.82) is 0 Å². The molecule has 1 N–H and O–H groups in total. The number of fused-ring (bicyclic) bond motifs is 2. The quantitative estimate of drug-likeness (QED) is 0.627. The third kappa shape index (κ3) is 4.02. The molecule has 2 amide bonds. The van der Waals surface area contributed by atoms with Crippen molar-refractivity contribution in [2.75, 3.05) is 36.4 Å². The van der Waals surface area contributed by atoms with E-state index in [1.807, 2.05) is 54.1 Å². The maximum atomic E-state index is 13.1. The molecular weight excluding hydrogens is 430 g/mol. The number of pyridine rings is 1. The molecule has 0 radical (unpaired) electrons. The fraction of sp³-hybridized carbons (Fsp3) is 0.400. The molecule has 0 unspecified atom stereocenters. The predicted molar refractivity (Wildman–Crippen MR) is 131 cm³/mol. The van der Waals surface area contributed by atoms with Gasteiger partial charge in [-0.15, -0.1) is 0 Å². The van der Waals surface area contributed by atoms with E-state index in [0.717, 1.165) is 22.0 Å². The summed E-state index contributed by atoms with van der Waals surface area (Å²) in [6, 6.07) is 10.1. The van der Waals surface area contributed by atoms with Gasteiger partial charge in [0.25, 0.3) is 5.91 Å². The highest BCUT2D eigenvalue weighted by Crippen LogP contribution is 2.31. The zero-order chi connectivity index (χ0) is 23.8. The molecule has 0 spiro atoms. The molecule has 176 valence electrons.